The Morgan fingerprint density at radius 3 is 2.66 bits per heavy atom. The predicted octanol–water partition coefficient (Wildman–Crippen LogP) is 4.45. The zero-order valence-electron chi connectivity index (χ0n) is 16.1. The van der Waals surface area contributed by atoms with Gasteiger partial charge in [-0.1, -0.05) is 24.3 Å². The molecule has 0 bridgehead atoms. The Labute approximate surface area is 182 Å². The number of hydrogen-bond acceptors (Lipinski definition) is 7. The van der Waals surface area contributed by atoms with Crippen molar-refractivity contribution in [2.24, 2.45) is 0 Å². The third-order valence-corrected chi connectivity index (χ3v) is 5.54. The van der Waals surface area contributed by atoms with Gasteiger partial charge in [-0.05, 0) is 59.1 Å². The molecule has 3 rings (SSSR count). The van der Waals surface area contributed by atoms with Crippen molar-refractivity contribution in [3.05, 3.63) is 63.9 Å². The first-order valence-electron chi connectivity index (χ1n) is 8.87. The van der Waals surface area contributed by atoms with Gasteiger partial charge in [-0.3, -0.25) is 4.79 Å². The van der Waals surface area contributed by atoms with Gasteiger partial charge in [-0.25, -0.2) is 0 Å². The van der Waals surface area contributed by atoms with Gasteiger partial charge in [0.25, 0.3) is 0 Å². The molecule has 0 radical (unpaired) electrons. The molecule has 7 nitrogen and oxygen atoms in total. The lowest BCUT2D eigenvalue weighted by Gasteiger charge is -2.10. The number of halogens is 1. The number of nitrogens with zero attached hydrogens (tertiary/aromatic N) is 3. The predicted molar refractivity (Wildman–Crippen MR) is 122 cm³/mol. The van der Waals surface area contributed by atoms with Crippen LogP contribution in [0, 0.1) is 13.8 Å². The number of benzene rings is 2. The summed E-state index contributed by atoms with van der Waals surface area (Å²) in [7, 11) is 0. The maximum Gasteiger partial charge on any atom is 0.234 e. The molecule has 2 aromatic carbocycles. The summed E-state index contributed by atoms with van der Waals surface area (Å²) in [6, 6.07) is 13.6. The molecule has 4 N–H and O–H groups in total. The molecule has 150 valence electrons. The molecule has 0 aliphatic rings. The first kappa shape index (κ1) is 21.1. The van der Waals surface area contributed by atoms with Crippen molar-refractivity contribution in [2.75, 3.05) is 22.1 Å². The summed E-state index contributed by atoms with van der Waals surface area (Å²) in [4.78, 5) is 24.9. The summed E-state index contributed by atoms with van der Waals surface area (Å²) in [6.07, 6.45) is 0. The van der Waals surface area contributed by atoms with Gasteiger partial charge in [0.05, 0.1) is 17.2 Å². The van der Waals surface area contributed by atoms with Crippen LogP contribution in [0.25, 0.3) is 0 Å². The van der Waals surface area contributed by atoms with Gasteiger partial charge in [-0.15, -0.1) is 11.8 Å². The van der Waals surface area contributed by atoms with Crippen LogP contribution in [0.3, 0.4) is 0 Å². The monoisotopic (exact) mass is 472 g/mol. The van der Waals surface area contributed by atoms with Crippen LogP contribution in [-0.4, -0.2) is 26.6 Å². The fourth-order valence-corrected chi connectivity index (χ4v) is 3.80. The average molecular weight is 473 g/mol. The standard InChI is InChI=1S/C20H21BrN6OS/c1-12-7-8-16(14(21)9-12)23-18(28)11-29-10-17-25-19(22)27-20(26-17)24-15-6-4-3-5-13(15)2/h3-9H,10-11H2,1-2H3,(H,23,28)(H3,22,24,25,26,27). The summed E-state index contributed by atoms with van der Waals surface area (Å²) in [6.45, 7) is 3.99. The van der Waals surface area contributed by atoms with Gasteiger partial charge >= 0.3 is 0 Å². The fourth-order valence-electron chi connectivity index (χ4n) is 2.53. The van der Waals surface area contributed by atoms with E-state index in [0.29, 0.717) is 17.5 Å². The smallest absolute Gasteiger partial charge is 0.234 e. The van der Waals surface area contributed by atoms with Crippen LogP contribution in [0.15, 0.2) is 46.9 Å². The number of amides is 1. The van der Waals surface area contributed by atoms with Crippen LogP contribution in [0.4, 0.5) is 23.3 Å². The highest BCUT2D eigenvalue weighted by molar-refractivity contribution is 9.10. The van der Waals surface area contributed by atoms with Crippen molar-refractivity contribution in [2.45, 2.75) is 19.6 Å². The van der Waals surface area contributed by atoms with Crippen LogP contribution in [0.2, 0.25) is 0 Å². The molecule has 1 amide bonds. The lowest BCUT2D eigenvalue weighted by atomic mass is 10.2. The maximum atomic E-state index is 12.2. The van der Waals surface area contributed by atoms with Gasteiger partial charge in [0.1, 0.15) is 5.82 Å². The lowest BCUT2D eigenvalue weighted by molar-refractivity contribution is -0.113. The van der Waals surface area contributed by atoms with Gasteiger partial charge in [0.2, 0.25) is 17.8 Å². The number of thioether (sulfide) groups is 1. The van der Waals surface area contributed by atoms with Gasteiger partial charge < -0.3 is 16.4 Å². The second-order valence-electron chi connectivity index (χ2n) is 6.40. The summed E-state index contributed by atoms with van der Waals surface area (Å²) >= 11 is 4.87. The van der Waals surface area contributed by atoms with Crippen LogP contribution in [0.1, 0.15) is 17.0 Å². The number of para-hydroxylation sites is 1. The molecule has 0 spiro atoms. The van der Waals surface area contributed by atoms with Gasteiger partial charge in [-0.2, -0.15) is 15.0 Å². The quantitative estimate of drug-likeness (QED) is 0.466. The Morgan fingerprint density at radius 2 is 1.90 bits per heavy atom. The molecule has 9 heteroatoms. The van der Waals surface area contributed by atoms with Gasteiger partial charge in [0, 0.05) is 10.2 Å². The highest BCUT2D eigenvalue weighted by atomic mass is 79.9. The van der Waals surface area contributed by atoms with Crippen molar-refractivity contribution >= 4 is 56.9 Å². The molecule has 0 atom stereocenters. The van der Waals surface area contributed by atoms with E-state index in [0.717, 1.165) is 27.0 Å². The third-order valence-electron chi connectivity index (χ3n) is 3.95. The number of aryl methyl sites for hydroxylation is 2. The molecule has 0 aliphatic carbocycles. The first-order valence-corrected chi connectivity index (χ1v) is 10.8. The maximum absolute atomic E-state index is 12.2. The van der Waals surface area contributed by atoms with Crippen molar-refractivity contribution in [1.82, 2.24) is 15.0 Å². The number of nitrogen functional groups attached to an aromatic ring is 1. The molecule has 0 saturated heterocycles. The zero-order valence-corrected chi connectivity index (χ0v) is 18.5. The summed E-state index contributed by atoms with van der Waals surface area (Å²) in [5.74, 6) is 1.65. The van der Waals surface area contributed by atoms with Crippen LogP contribution in [0.5, 0.6) is 0 Å². The minimum Gasteiger partial charge on any atom is -0.368 e. The van der Waals surface area contributed by atoms with Crippen molar-refractivity contribution in [1.29, 1.82) is 0 Å². The van der Waals surface area contributed by atoms with Crippen LogP contribution < -0.4 is 16.4 Å². The zero-order chi connectivity index (χ0) is 20.8. The number of aromatic nitrogens is 3. The highest BCUT2D eigenvalue weighted by Crippen LogP contribution is 2.24. The van der Waals surface area contributed by atoms with E-state index in [1.54, 1.807) is 0 Å². The second kappa shape index (κ2) is 9.71. The van der Waals surface area contributed by atoms with E-state index in [2.05, 4.69) is 41.5 Å². The molecular weight excluding hydrogens is 452 g/mol. The Balaban J connectivity index is 1.57. The molecule has 1 aromatic heterocycles. The second-order valence-corrected chi connectivity index (χ2v) is 8.24. The van der Waals surface area contributed by atoms with E-state index in [-0.39, 0.29) is 17.6 Å². The molecular formula is C20H21BrN6OS. The fraction of sp³-hybridized carbons (Fsp3) is 0.200. The molecule has 29 heavy (non-hydrogen) atoms. The number of anilines is 4. The minimum absolute atomic E-state index is 0.0974. The third kappa shape index (κ3) is 6.16. The topological polar surface area (TPSA) is 106 Å². The molecule has 0 aliphatic heterocycles. The lowest BCUT2D eigenvalue weighted by Crippen LogP contribution is -2.15. The molecule has 0 fully saturated rings. The molecule has 0 saturated carbocycles. The van der Waals surface area contributed by atoms with E-state index in [1.165, 1.54) is 11.8 Å². The summed E-state index contributed by atoms with van der Waals surface area (Å²) in [5.41, 5.74) is 9.65. The number of hydrogen-bond donors (Lipinski definition) is 3. The number of nitrogens with two attached hydrogens (primary N) is 1. The van der Waals surface area contributed by atoms with E-state index < -0.39 is 0 Å². The number of nitrogens with one attached hydrogen (secondary N) is 2. The largest absolute Gasteiger partial charge is 0.368 e. The number of rotatable bonds is 7. The molecule has 3 aromatic rings. The number of carbonyl (C=O) groups excluding carboxylic acids is 1. The normalized spacial score (nSPS) is 10.6. The van der Waals surface area contributed by atoms with E-state index in [9.17, 15) is 4.79 Å². The van der Waals surface area contributed by atoms with Crippen molar-refractivity contribution < 1.29 is 4.79 Å². The minimum atomic E-state index is -0.0974. The van der Waals surface area contributed by atoms with E-state index >= 15 is 0 Å². The van der Waals surface area contributed by atoms with E-state index in [4.69, 9.17) is 5.73 Å². The SMILES string of the molecule is Cc1ccc(NC(=O)CSCc2nc(N)nc(Nc3ccccc3C)n2)c(Br)c1. The molecule has 1 heterocycles. The average Bonchev–Trinajstić information content (AvgIpc) is 2.65. The Hall–Kier alpha value is -2.65. The Morgan fingerprint density at radius 1 is 1.10 bits per heavy atom. The van der Waals surface area contributed by atoms with Gasteiger partial charge in [0.15, 0.2) is 0 Å². The van der Waals surface area contributed by atoms with Crippen molar-refractivity contribution in [3.8, 4) is 0 Å². The van der Waals surface area contributed by atoms with Crippen LogP contribution >= 0.6 is 27.7 Å². The van der Waals surface area contributed by atoms with Crippen molar-refractivity contribution in [3.63, 3.8) is 0 Å². The number of carbonyl (C=O) groups is 1. The Bertz CT molecular complexity index is 1030. The Kier molecular flexibility index (Phi) is 7.05. The highest BCUT2D eigenvalue weighted by Gasteiger charge is 2.09. The first-order chi connectivity index (χ1) is 13.9. The van der Waals surface area contributed by atoms with Crippen LogP contribution in [-0.2, 0) is 10.5 Å². The molecule has 0 unspecified atom stereocenters. The summed E-state index contributed by atoms with van der Waals surface area (Å²) < 4.78 is 0.855. The summed E-state index contributed by atoms with van der Waals surface area (Å²) in [5, 5.41) is 6.05. The van der Waals surface area contributed by atoms with E-state index in [1.807, 2.05) is 56.3 Å².